The van der Waals surface area contributed by atoms with Gasteiger partial charge in [-0.1, -0.05) is 11.6 Å². The lowest BCUT2D eigenvalue weighted by atomic mass is 10.1. The van der Waals surface area contributed by atoms with Crippen molar-refractivity contribution in [3.05, 3.63) is 28.3 Å². The van der Waals surface area contributed by atoms with E-state index in [0.717, 1.165) is 5.56 Å². The minimum atomic E-state index is -0.0428. The van der Waals surface area contributed by atoms with Gasteiger partial charge in [-0.3, -0.25) is 4.79 Å². The number of hydrogen-bond acceptors (Lipinski definition) is 2. The number of halogens is 1. The molecule has 0 heterocycles. The van der Waals surface area contributed by atoms with Gasteiger partial charge in [-0.05, 0) is 31.5 Å². The van der Waals surface area contributed by atoms with Gasteiger partial charge in [-0.25, -0.2) is 0 Å². The van der Waals surface area contributed by atoms with Gasteiger partial charge in [0.1, 0.15) is 5.75 Å². The van der Waals surface area contributed by atoms with E-state index in [9.17, 15) is 4.79 Å². The highest BCUT2D eigenvalue weighted by Crippen LogP contribution is 2.26. The third-order valence-electron chi connectivity index (χ3n) is 1.86. The maximum atomic E-state index is 11.1. The fourth-order valence-electron chi connectivity index (χ4n) is 1.10. The Labute approximate surface area is 82.5 Å². The van der Waals surface area contributed by atoms with Crippen LogP contribution < -0.4 is 4.74 Å². The molecule has 0 aliphatic carbocycles. The van der Waals surface area contributed by atoms with Crippen LogP contribution in [0.5, 0.6) is 5.75 Å². The van der Waals surface area contributed by atoms with Crippen molar-refractivity contribution in [3.63, 3.8) is 0 Å². The summed E-state index contributed by atoms with van der Waals surface area (Å²) in [5.74, 6) is 0.535. The first-order valence-corrected chi connectivity index (χ1v) is 4.29. The second-order valence-electron chi connectivity index (χ2n) is 2.86. The highest BCUT2D eigenvalue weighted by atomic mass is 35.5. The quantitative estimate of drug-likeness (QED) is 0.684. The molecule has 0 radical (unpaired) electrons. The molecule has 0 amide bonds. The van der Waals surface area contributed by atoms with E-state index >= 15 is 0 Å². The van der Waals surface area contributed by atoms with E-state index in [4.69, 9.17) is 16.3 Å². The average Bonchev–Trinajstić information content (AvgIpc) is 2.08. The van der Waals surface area contributed by atoms with E-state index < -0.39 is 0 Å². The minimum Gasteiger partial charge on any atom is -0.496 e. The molecule has 0 atom stereocenters. The van der Waals surface area contributed by atoms with E-state index in [0.29, 0.717) is 16.3 Å². The van der Waals surface area contributed by atoms with Crippen molar-refractivity contribution in [2.75, 3.05) is 7.11 Å². The second-order valence-corrected chi connectivity index (χ2v) is 3.27. The predicted molar refractivity (Wildman–Crippen MR) is 52.7 cm³/mol. The number of hydrogen-bond donors (Lipinski definition) is 0. The Morgan fingerprint density at radius 3 is 2.54 bits per heavy atom. The maximum Gasteiger partial charge on any atom is 0.163 e. The van der Waals surface area contributed by atoms with Gasteiger partial charge in [0, 0.05) is 5.02 Å². The van der Waals surface area contributed by atoms with Crippen molar-refractivity contribution in [2.45, 2.75) is 13.8 Å². The summed E-state index contributed by atoms with van der Waals surface area (Å²) in [6.07, 6.45) is 0. The monoisotopic (exact) mass is 198 g/mol. The molecule has 3 heteroatoms. The van der Waals surface area contributed by atoms with Crippen LogP contribution in [-0.4, -0.2) is 12.9 Å². The lowest BCUT2D eigenvalue weighted by molar-refractivity contribution is 0.101. The Kier molecular flexibility index (Phi) is 2.94. The summed E-state index contributed by atoms with van der Waals surface area (Å²) < 4.78 is 5.06. The van der Waals surface area contributed by atoms with Gasteiger partial charge >= 0.3 is 0 Å². The Morgan fingerprint density at radius 1 is 1.46 bits per heavy atom. The molecular formula is C10H11ClO2. The SMILES string of the molecule is COc1cc(C)c(Cl)cc1C(C)=O. The summed E-state index contributed by atoms with van der Waals surface area (Å²) in [6.45, 7) is 3.36. The molecule has 13 heavy (non-hydrogen) atoms. The number of methoxy groups -OCH3 is 1. The first kappa shape index (κ1) is 10.1. The van der Waals surface area contributed by atoms with Crippen molar-refractivity contribution < 1.29 is 9.53 Å². The first-order chi connectivity index (χ1) is 6.06. The Morgan fingerprint density at radius 2 is 2.08 bits per heavy atom. The van der Waals surface area contributed by atoms with E-state index in [1.807, 2.05) is 6.92 Å². The zero-order chi connectivity index (χ0) is 10.0. The van der Waals surface area contributed by atoms with E-state index in [-0.39, 0.29) is 5.78 Å². The molecule has 70 valence electrons. The first-order valence-electron chi connectivity index (χ1n) is 3.91. The van der Waals surface area contributed by atoms with Gasteiger partial charge in [0.05, 0.1) is 12.7 Å². The fraction of sp³-hybridized carbons (Fsp3) is 0.300. The van der Waals surface area contributed by atoms with Crippen molar-refractivity contribution >= 4 is 17.4 Å². The summed E-state index contributed by atoms with van der Waals surface area (Å²) in [4.78, 5) is 11.1. The molecule has 0 aliphatic rings. The van der Waals surface area contributed by atoms with Crippen molar-refractivity contribution in [3.8, 4) is 5.75 Å². The number of rotatable bonds is 2. The highest BCUT2D eigenvalue weighted by molar-refractivity contribution is 6.31. The van der Waals surface area contributed by atoms with E-state index in [1.54, 1.807) is 12.1 Å². The number of carbonyl (C=O) groups excluding carboxylic acids is 1. The molecular weight excluding hydrogens is 188 g/mol. The molecule has 1 rings (SSSR count). The lowest BCUT2D eigenvalue weighted by Gasteiger charge is -2.07. The summed E-state index contributed by atoms with van der Waals surface area (Å²) in [5, 5.41) is 0.589. The smallest absolute Gasteiger partial charge is 0.163 e. The number of aryl methyl sites for hydroxylation is 1. The Hall–Kier alpha value is -1.02. The van der Waals surface area contributed by atoms with Gasteiger partial charge < -0.3 is 4.74 Å². The zero-order valence-corrected chi connectivity index (χ0v) is 8.61. The van der Waals surface area contributed by atoms with E-state index in [1.165, 1.54) is 14.0 Å². The van der Waals surface area contributed by atoms with Crippen LogP contribution in [0.1, 0.15) is 22.8 Å². The molecule has 1 aromatic carbocycles. The number of ether oxygens (including phenoxy) is 1. The normalized spacial score (nSPS) is 9.85. The molecule has 0 aliphatic heterocycles. The van der Waals surface area contributed by atoms with Crippen LogP contribution in [0, 0.1) is 6.92 Å². The third kappa shape index (κ3) is 2.01. The minimum absolute atomic E-state index is 0.0428. The van der Waals surface area contributed by atoms with Crippen molar-refractivity contribution in [1.29, 1.82) is 0 Å². The van der Waals surface area contributed by atoms with Crippen LogP contribution in [0.15, 0.2) is 12.1 Å². The number of carbonyl (C=O) groups is 1. The van der Waals surface area contributed by atoms with Crippen molar-refractivity contribution in [1.82, 2.24) is 0 Å². The Bertz CT molecular complexity index is 345. The van der Waals surface area contributed by atoms with Crippen LogP contribution in [-0.2, 0) is 0 Å². The standard InChI is InChI=1S/C10H11ClO2/c1-6-4-10(13-3)8(7(2)12)5-9(6)11/h4-5H,1-3H3. The lowest BCUT2D eigenvalue weighted by Crippen LogP contribution is -1.98. The van der Waals surface area contributed by atoms with E-state index in [2.05, 4.69) is 0 Å². The summed E-state index contributed by atoms with van der Waals surface area (Å²) in [7, 11) is 1.54. The molecule has 0 fully saturated rings. The topological polar surface area (TPSA) is 26.3 Å². The van der Waals surface area contributed by atoms with Gasteiger partial charge in [-0.2, -0.15) is 0 Å². The van der Waals surface area contributed by atoms with Gasteiger partial charge in [0.2, 0.25) is 0 Å². The average molecular weight is 199 g/mol. The molecule has 1 aromatic rings. The molecule has 0 aromatic heterocycles. The summed E-state index contributed by atoms with van der Waals surface area (Å²) >= 11 is 5.88. The van der Waals surface area contributed by atoms with Crippen LogP contribution in [0.3, 0.4) is 0 Å². The van der Waals surface area contributed by atoms with Gasteiger partial charge in [0.25, 0.3) is 0 Å². The zero-order valence-electron chi connectivity index (χ0n) is 7.85. The molecule has 0 N–H and O–H groups in total. The van der Waals surface area contributed by atoms with Crippen LogP contribution in [0.25, 0.3) is 0 Å². The molecule has 0 unspecified atom stereocenters. The largest absolute Gasteiger partial charge is 0.496 e. The maximum absolute atomic E-state index is 11.1. The van der Waals surface area contributed by atoms with Crippen LogP contribution >= 0.6 is 11.6 Å². The van der Waals surface area contributed by atoms with Gasteiger partial charge in [-0.15, -0.1) is 0 Å². The van der Waals surface area contributed by atoms with Crippen LogP contribution in [0.4, 0.5) is 0 Å². The van der Waals surface area contributed by atoms with Crippen LogP contribution in [0.2, 0.25) is 5.02 Å². The number of Topliss-reactive ketones (excluding diaryl/α,β-unsaturated/α-hetero) is 1. The fourth-order valence-corrected chi connectivity index (χ4v) is 1.26. The van der Waals surface area contributed by atoms with Crippen molar-refractivity contribution in [2.24, 2.45) is 0 Å². The molecule has 0 bridgehead atoms. The summed E-state index contributed by atoms with van der Waals surface area (Å²) in [6, 6.07) is 3.40. The highest BCUT2D eigenvalue weighted by Gasteiger charge is 2.10. The third-order valence-corrected chi connectivity index (χ3v) is 2.27. The summed E-state index contributed by atoms with van der Waals surface area (Å²) in [5.41, 5.74) is 1.43. The molecule has 0 saturated heterocycles. The predicted octanol–water partition coefficient (Wildman–Crippen LogP) is 2.86. The number of ketones is 1. The molecule has 0 saturated carbocycles. The second kappa shape index (κ2) is 3.79. The molecule has 0 spiro atoms. The Balaban J connectivity index is 3.33. The van der Waals surface area contributed by atoms with Gasteiger partial charge in [0.15, 0.2) is 5.78 Å². The number of benzene rings is 1. The molecule has 2 nitrogen and oxygen atoms in total.